The lowest BCUT2D eigenvalue weighted by molar-refractivity contribution is -0.384. The lowest BCUT2D eigenvalue weighted by Crippen LogP contribution is -2.10. The molecule has 0 radical (unpaired) electrons. The van der Waals surface area contributed by atoms with Crippen LogP contribution in [0, 0.1) is 10.1 Å². The minimum atomic E-state index is -0.958. The molecule has 0 aliphatic heterocycles. The molecule has 0 saturated heterocycles. The summed E-state index contributed by atoms with van der Waals surface area (Å²) in [5.74, 6) is 0.484. The molecule has 132 valence electrons. The van der Waals surface area contributed by atoms with Crippen molar-refractivity contribution in [3.63, 3.8) is 0 Å². The molecule has 26 heavy (non-hydrogen) atoms. The first-order valence-electron chi connectivity index (χ1n) is 7.32. The van der Waals surface area contributed by atoms with Crippen molar-refractivity contribution in [1.29, 1.82) is 0 Å². The second-order valence-electron chi connectivity index (χ2n) is 5.08. The third-order valence-corrected chi connectivity index (χ3v) is 3.81. The highest BCUT2D eigenvalue weighted by Gasteiger charge is 2.12. The fourth-order valence-corrected chi connectivity index (χ4v) is 2.29. The molecule has 1 aromatic heterocycles. The average molecular weight is 419 g/mol. The SMILES string of the molecule is O=C(OCc1cc(-c2ccc(Br)cc2)no1)Oc1ccc([N+](=O)[O-])cc1. The molecule has 3 rings (SSSR count). The van der Waals surface area contributed by atoms with E-state index >= 15 is 0 Å². The van der Waals surface area contributed by atoms with E-state index in [1.54, 1.807) is 6.07 Å². The molecule has 0 unspecified atom stereocenters. The van der Waals surface area contributed by atoms with Gasteiger partial charge in [-0.25, -0.2) is 4.79 Å². The lowest BCUT2D eigenvalue weighted by atomic mass is 10.1. The van der Waals surface area contributed by atoms with Gasteiger partial charge in [0.2, 0.25) is 0 Å². The number of nitro benzene ring substituents is 1. The molecular formula is C17H11BrN2O6. The second kappa shape index (κ2) is 7.79. The van der Waals surface area contributed by atoms with Crippen LogP contribution in [0.15, 0.2) is 63.6 Å². The third-order valence-electron chi connectivity index (χ3n) is 3.28. The Bertz CT molecular complexity index is 921. The summed E-state index contributed by atoms with van der Waals surface area (Å²) in [4.78, 5) is 21.7. The van der Waals surface area contributed by atoms with Gasteiger partial charge in [0.1, 0.15) is 11.4 Å². The molecule has 1 heterocycles. The van der Waals surface area contributed by atoms with E-state index in [-0.39, 0.29) is 18.0 Å². The highest BCUT2D eigenvalue weighted by molar-refractivity contribution is 9.10. The van der Waals surface area contributed by atoms with E-state index in [1.165, 1.54) is 24.3 Å². The number of hydrogen-bond donors (Lipinski definition) is 0. The van der Waals surface area contributed by atoms with Crippen molar-refractivity contribution >= 4 is 27.8 Å². The Balaban J connectivity index is 1.54. The monoisotopic (exact) mass is 418 g/mol. The van der Waals surface area contributed by atoms with E-state index < -0.39 is 11.1 Å². The highest BCUT2D eigenvalue weighted by Crippen LogP contribution is 2.22. The van der Waals surface area contributed by atoms with Gasteiger partial charge in [-0.1, -0.05) is 33.2 Å². The number of hydrogen-bond acceptors (Lipinski definition) is 7. The Kier molecular flexibility index (Phi) is 5.28. The maximum atomic E-state index is 11.7. The van der Waals surface area contributed by atoms with Crippen molar-refractivity contribution in [3.05, 3.63) is 74.9 Å². The molecule has 0 bridgehead atoms. The minimum absolute atomic E-state index is 0.104. The molecule has 0 atom stereocenters. The Hall–Kier alpha value is -3.20. The highest BCUT2D eigenvalue weighted by atomic mass is 79.9. The fourth-order valence-electron chi connectivity index (χ4n) is 2.03. The number of benzene rings is 2. The summed E-state index contributed by atoms with van der Waals surface area (Å²) in [6.07, 6.45) is -0.958. The van der Waals surface area contributed by atoms with E-state index in [0.717, 1.165) is 10.0 Å². The molecule has 0 fully saturated rings. The summed E-state index contributed by atoms with van der Waals surface area (Å²) in [5.41, 5.74) is 1.37. The van der Waals surface area contributed by atoms with Gasteiger partial charge in [-0.05, 0) is 24.3 Å². The molecular weight excluding hydrogens is 408 g/mol. The number of nitro groups is 1. The quantitative estimate of drug-likeness (QED) is 0.255. The molecule has 0 amide bonds. The van der Waals surface area contributed by atoms with Gasteiger partial charge in [0.05, 0.1) is 4.92 Å². The fraction of sp³-hybridized carbons (Fsp3) is 0.0588. The van der Waals surface area contributed by atoms with Gasteiger partial charge in [0.25, 0.3) is 5.69 Å². The molecule has 0 N–H and O–H groups in total. The van der Waals surface area contributed by atoms with Crippen LogP contribution in [-0.4, -0.2) is 16.2 Å². The van der Waals surface area contributed by atoms with Crippen molar-refractivity contribution in [2.24, 2.45) is 0 Å². The number of carbonyl (C=O) groups excluding carboxylic acids is 1. The van der Waals surface area contributed by atoms with E-state index in [9.17, 15) is 14.9 Å². The van der Waals surface area contributed by atoms with Crippen LogP contribution in [0.25, 0.3) is 11.3 Å². The van der Waals surface area contributed by atoms with Crippen molar-refractivity contribution in [3.8, 4) is 17.0 Å². The summed E-state index contributed by atoms with van der Waals surface area (Å²) in [5, 5.41) is 14.5. The van der Waals surface area contributed by atoms with Crippen LogP contribution in [0.4, 0.5) is 10.5 Å². The summed E-state index contributed by atoms with van der Waals surface area (Å²) < 4.78 is 15.9. The maximum absolute atomic E-state index is 11.7. The van der Waals surface area contributed by atoms with E-state index in [2.05, 4.69) is 21.1 Å². The molecule has 9 heteroatoms. The second-order valence-corrected chi connectivity index (χ2v) is 5.99. The van der Waals surface area contributed by atoms with Crippen LogP contribution in [0.1, 0.15) is 5.76 Å². The number of nitrogens with zero attached hydrogens (tertiary/aromatic N) is 2. The zero-order valence-corrected chi connectivity index (χ0v) is 14.7. The van der Waals surface area contributed by atoms with Crippen LogP contribution >= 0.6 is 15.9 Å². The van der Waals surface area contributed by atoms with Gasteiger partial charge < -0.3 is 14.0 Å². The van der Waals surface area contributed by atoms with Gasteiger partial charge in [-0.2, -0.15) is 0 Å². The number of halogens is 1. The molecule has 0 spiro atoms. The van der Waals surface area contributed by atoms with E-state index in [1.807, 2.05) is 24.3 Å². The van der Waals surface area contributed by atoms with Crippen LogP contribution < -0.4 is 4.74 Å². The van der Waals surface area contributed by atoms with Crippen molar-refractivity contribution in [2.75, 3.05) is 0 Å². The predicted molar refractivity (Wildman–Crippen MR) is 93.5 cm³/mol. The van der Waals surface area contributed by atoms with Gasteiger partial charge in [-0.15, -0.1) is 0 Å². The zero-order chi connectivity index (χ0) is 18.5. The average Bonchev–Trinajstić information content (AvgIpc) is 3.10. The minimum Gasteiger partial charge on any atom is -0.426 e. The maximum Gasteiger partial charge on any atom is 0.514 e. The lowest BCUT2D eigenvalue weighted by Gasteiger charge is -2.03. The topological polar surface area (TPSA) is 105 Å². The van der Waals surface area contributed by atoms with Crippen molar-refractivity contribution < 1.29 is 23.7 Å². The first-order valence-corrected chi connectivity index (χ1v) is 8.11. The smallest absolute Gasteiger partial charge is 0.426 e. The third kappa shape index (κ3) is 4.45. The largest absolute Gasteiger partial charge is 0.514 e. The van der Waals surface area contributed by atoms with Gasteiger partial charge in [0.15, 0.2) is 12.4 Å². The number of non-ortho nitro benzene ring substituents is 1. The molecule has 2 aromatic carbocycles. The predicted octanol–water partition coefficient (Wildman–Crippen LogP) is 4.73. The Morgan fingerprint density at radius 2 is 1.85 bits per heavy atom. The van der Waals surface area contributed by atoms with Crippen LogP contribution in [0.3, 0.4) is 0 Å². The van der Waals surface area contributed by atoms with Crippen LogP contribution in [0.2, 0.25) is 0 Å². The molecule has 8 nitrogen and oxygen atoms in total. The number of ether oxygens (including phenoxy) is 2. The van der Waals surface area contributed by atoms with Gasteiger partial charge in [0, 0.05) is 28.2 Å². The summed E-state index contributed by atoms with van der Waals surface area (Å²) >= 11 is 3.35. The number of carbonyl (C=O) groups is 1. The van der Waals surface area contributed by atoms with E-state index in [4.69, 9.17) is 14.0 Å². The molecule has 3 aromatic rings. The Labute approximate surface area is 155 Å². The standard InChI is InChI=1S/C17H11BrN2O6/c18-12-3-1-11(2-4-12)16-9-15(26-19-16)10-24-17(21)25-14-7-5-13(6-8-14)20(22)23/h1-9H,10H2. The summed E-state index contributed by atoms with van der Waals surface area (Å²) in [7, 11) is 0. The summed E-state index contributed by atoms with van der Waals surface area (Å²) in [6, 6.07) is 14.2. The molecule has 0 saturated carbocycles. The number of aromatic nitrogens is 1. The van der Waals surface area contributed by atoms with Crippen LogP contribution in [-0.2, 0) is 11.3 Å². The van der Waals surface area contributed by atoms with Crippen LogP contribution in [0.5, 0.6) is 5.75 Å². The van der Waals surface area contributed by atoms with Crippen molar-refractivity contribution in [2.45, 2.75) is 6.61 Å². The number of rotatable bonds is 5. The Morgan fingerprint density at radius 1 is 1.15 bits per heavy atom. The molecule has 0 aliphatic rings. The Morgan fingerprint density at radius 3 is 2.50 bits per heavy atom. The van der Waals surface area contributed by atoms with Gasteiger partial charge in [-0.3, -0.25) is 10.1 Å². The first-order chi connectivity index (χ1) is 12.5. The normalized spacial score (nSPS) is 10.3. The summed E-state index contributed by atoms with van der Waals surface area (Å²) in [6.45, 7) is -0.157. The van der Waals surface area contributed by atoms with Crippen molar-refractivity contribution in [1.82, 2.24) is 5.16 Å². The van der Waals surface area contributed by atoms with Gasteiger partial charge >= 0.3 is 6.16 Å². The first kappa shape index (κ1) is 17.6. The zero-order valence-electron chi connectivity index (χ0n) is 13.1. The molecule has 0 aliphatic carbocycles. The van der Waals surface area contributed by atoms with E-state index in [0.29, 0.717) is 11.5 Å².